The molecule has 5 nitrogen and oxygen atoms in total. The van der Waals surface area contributed by atoms with E-state index in [1.54, 1.807) is 19.2 Å². The van der Waals surface area contributed by atoms with Crippen LogP contribution in [0, 0.1) is 11.8 Å². The number of rotatable bonds is 5. The van der Waals surface area contributed by atoms with Crippen molar-refractivity contribution in [3.8, 4) is 17.6 Å². The Labute approximate surface area is 107 Å². The van der Waals surface area contributed by atoms with Crippen molar-refractivity contribution < 1.29 is 13.2 Å². The molecule has 0 aliphatic rings. The highest BCUT2D eigenvalue weighted by Gasteiger charge is 2.07. The fraction of sp³-hybridized carbons (Fsp3) is 0.417. The van der Waals surface area contributed by atoms with Gasteiger partial charge >= 0.3 is 0 Å². The Bertz CT molecular complexity index is 544. The number of sulfone groups is 1. The molecule has 0 bridgehead atoms. The smallest absolute Gasteiger partial charge is 0.153 e. The lowest BCUT2D eigenvalue weighted by Crippen LogP contribution is -2.15. The van der Waals surface area contributed by atoms with Crippen LogP contribution in [0.4, 0.5) is 0 Å². The van der Waals surface area contributed by atoms with Crippen LogP contribution >= 0.6 is 0 Å². The minimum absolute atomic E-state index is 0.00219. The molecule has 0 spiro atoms. The summed E-state index contributed by atoms with van der Waals surface area (Å²) in [4.78, 5) is 3.96. The molecule has 2 N–H and O–H groups in total. The van der Waals surface area contributed by atoms with Crippen LogP contribution in [0.2, 0.25) is 0 Å². The lowest BCUT2D eigenvalue weighted by molar-refractivity contribution is 0.339. The van der Waals surface area contributed by atoms with Gasteiger partial charge in [-0.15, -0.1) is 0 Å². The molecular weight excluding hydrogens is 252 g/mol. The third kappa shape index (κ3) is 5.17. The molecule has 0 aliphatic heterocycles. The van der Waals surface area contributed by atoms with Crippen molar-refractivity contribution in [2.75, 3.05) is 24.7 Å². The van der Waals surface area contributed by atoms with E-state index in [1.807, 2.05) is 0 Å². The summed E-state index contributed by atoms with van der Waals surface area (Å²) in [7, 11) is -3.00. The van der Waals surface area contributed by atoms with Gasteiger partial charge in [0.25, 0.3) is 0 Å². The Kier molecular flexibility index (Phi) is 5.62. The van der Waals surface area contributed by atoms with Crippen molar-refractivity contribution in [3.05, 3.63) is 24.0 Å². The third-order valence-electron chi connectivity index (χ3n) is 2.15. The van der Waals surface area contributed by atoms with Gasteiger partial charge in [0.05, 0.1) is 18.5 Å². The number of nitrogens with two attached hydrogens (primary N) is 1. The molecule has 0 unspecified atom stereocenters. The molecule has 1 aromatic heterocycles. The first-order valence-electron chi connectivity index (χ1n) is 5.54. The van der Waals surface area contributed by atoms with Crippen LogP contribution in [0.25, 0.3) is 0 Å². The highest BCUT2D eigenvalue weighted by Crippen LogP contribution is 2.10. The van der Waals surface area contributed by atoms with Gasteiger partial charge in [0, 0.05) is 17.5 Å². The van der Waals surface area contributed by atoms with Crippen molar-refractivity contribution in [2.24, 2.45) is 5.73 Å². The highest BCUT2D eigenvalue weighted by molar-refractivity contribution is 7.91. The van der Waals surface area contributed by atoms with Crippen molar-refractivity contribution in [1.29, 1.82) is 0 Å². The molecule has 0 saturated carbocycles. The molecule has 0 aliphatic carbocycles. The van der Waals surface area contributed by atoms with Gasteiger partial charge in [-0.25, -0.2) is 8.42 Å². The molecule has 1 heterocycles. The first-order chi connectivity index (χ1) is 8.57. The summed E-state index contributed by atoms with van der Waals surface area (Å²) in [6.45, 7) is 2.01. The van der Waals surface area contributed by atoms with E-state index in [-0.39, 0.29) is 24.7 Å². The maximum absolute atomic E-state index is 11.3. The van der Waals surface area contributed by atoms with Crippen molar-refractivity contribution in [1.82, 2.24) is 4.98 Å². The Morgan fingerprint density at radius 2 is 2.22 bits per heavy atom. The van der Waals surface area contributed by atoms with Crippen LogP contribution in [0.5, 0.6) is 5.75 Å². The van der Waals surface area contributed by atoms with Crippen LogP contribution < -0.4 is 10.5 Å². The number of ether oxygens (including phenoxy) is 1. The van der Waals surface area contributed by atoms with Crippen molar-refractivity contribution >= 4 is 9.84 Å². The van der Waals surface area contributed by atoms with E-state index >= 15 is 0 Å². The maximum atomic E-state index is 11.3. The number of nitrogens with zero attached hydrogens (tertiary/aromatic N) is 1. The van der Waals surface area contributed by atoms with E-state index in [1.165, 1.54) is 6.20 Å². The lowest BCUT2D eigenvalue weighted by Gasteiger charge is -2.05. The number of hydrogen-bond donors (Lipinski definition) is 1. The van der Waals surface area contributed by atoms with E-state index in [0.717, 1.165) is 0 Å². The molecular formula is C12H16N2O3S. The SMILES string of the molecule is CCS(=O)(=O)CCOc1cncc(C#CCN)c1. The number of hydrogen-bond acceptors (Lipinski definition) is 5. The van der Waals surface area contributed by atoms with Gasteiger partial charge in [-0.1, -0.05) is 18.8 Å². The Hall–Kier alpha value is -1.58. The topological polar surface area (TPSA) is 82.3 Å². The van der Waals surface area contributed by atoms with E-state index in [0.29, 0.717) is 11.3 Å². The van der Waals surface area contributed by atoms with Gasteiger partial charge in [0.15, 0.2) is 9.84 Å². The molecule has 1 aromatic rings. The zero-order valence-corrected chi connectivity index (χ0v) is 11.0. The van der Waals surface area contributed by atoms with Gasteiger partial charge in [0.1, 0.15) is 12.4 Å². The van der Waals surface area contributed by atoms with E-state index < -0.39 is 9.84 Å². The predicted octanol–water partition coefficient (Wildman–Crippen LogP) is 0.205. The highest BCUT2D eigenvalue weighted by atomic mass is 32.2. The monoisotopic (exact) mass is 268 g/mol. The lowest BCUT2D eigenvalue weighted by atomic mass is 10.3. The standard InChI is InChI=1S/C12H16N2O3S/c1-2-18(15,16)7-6-17-12-8-11(4-3-5-13)9-14-10-12/h8-10H,2,5-7,13H2,1H3. The van der Waals surface area contributed by atoms with Gasteiger partial charge in [-0.2, -0.15) is 0 Å². The van der Waals surface area contributed by atoms with E-state index in [9.17, 15) is 8.42 Å². The normalized spacial score (nSPS) is 10.6. The van der Waals surface area contributed by atoms with Crippen LogP contribution in [0.3, 0.4) is 0 Å². The van der Waals surface area contributed by atoms with Crippen LogP contribution in [0.1, 0.15) is 12.5 Å². The summed E-state index contributed by atoms with van der Waals surface area (Å²) in [6.07, 6.45) is 3.12. The fourth-order valence-electron chi connectivity index (χ4n) is 1.15. The summed E-state index contributed by atoms with van der Waals surface area (Å²) in [5, 5.41) is 0. The molecule has 0 saturated heterocycles. The van der Waals surface area contributed by atoms with Gasteiger partial charge in [0.2, 0.25) is 0 Å². The summed E-state index contributed by atoms with van der Waals surface area (Å²) < 4.78 is 27.9. The second-order valence-corrected chi connectivity index (χ2v) is 5.97. The minimum Gasteiger partial charge on any atom is -0.491 e. The molecule has 0 fully saturated rings. The quantitative estimate of drug-likeness (QED) is 0.772. The van der Waals surface area contributed by atoms with Crippen LogP contribution in [-0.4, -0.2) is 38.1 Å². The maximum Gasteiger partial charge on any atom is 0.153 e. The van der Waals surface area contributed by atoms with Crippen molar-refractivity contribution in [3.63, 3.8) is 0 Å². The Balaban J connectivity index is 2.58. The summed E-state index contributed by atoms with van der Waals surface area (Å²) in [6, 6.07) is 1.70. The molecule has 0 aromatic carbocycles. The van der Waals surface area contributed by atoms with Gasteiger partial charge < -0.3 is 10.5 Å². The zero-order valence-electron chi connectivity index (χ0n) is 10.2. The second-order valence-electron chi connectivity index (χ2n) is 3.50. The molecule has 18 heavy (non-hydrogen) atoms. The largest absolute Gasteiger partial charge is 0.491 e. The van der Waals surface area contributed by atoms with E-state index in [4.69, 9.17) is 10.5 Å². The first-order valence-corrected chi connectivity index (χ1v) is 7.36. The Morgan fingerprint density at radius 3 is 2.89 bits per heavy atom. The van der Waals surface area contributed by atoms with Crippen LogP contribution in [-0.2, 0) is 9.84 Å². The number of aromatic nitrogens is 1. The predicted molar refractivity (Wildman–Crippen MR) is 70.0 cm³/mol. The minimum atomic E-state index is -3.00. The summed E-state index contributed by atoms with van der Waals surface area (Å²) >= 11 is 0. The van der Waals surface area contributed by atoms with Gasteiger partial charge in [-0.3, -0.25) is 4.98 Å². The second kappa shape index (κ2) is 6.99. The van der Waals surface area contributed by atoms with Gasteiger partial charge in [-0.05, 0) is 6.07 Å². The molecule has 0 radical (unpaired) electrons. The number of pyridine rings is 1. The van der Waals surface area contributed by atoms with Crippen molar-refractivity contribution in [2.45, 2.75) is 6.92 Å². The zero-order chi connectivity index (χ0) is 13.4. The summed E-state index contributed by atoms with van der Waals surface area (Å²) in [5.74, 6) is 6.16. The molecule has 0 atom stereocenters. The average Bonchev–Trinajstić information content (AvgIpc) is 2.37. The fourth-order valence-corrected chi connectivity index (χ4v) is 1.78. The average molecular weight is 268 g/mol. The summed E-state index contributed by atoms with van der Waals surface area (Å²) in [5.41, 5.74) is 5.96. The molecule has 6 heteroatoms. The molecule has 1 rings (SSSR count). The van der Waals surface area contributed by atoms with E-state index in [2.05, 4.69) is 16.8 Å². The molecule has 0 amide bonds. The third-order valence-corrected chi connectivity index (χ3v) is 3.82. The molecule has 98 valence electrons. The van der Waals surface area contributed by atoms with Crippen LogP contribution in [0.15, 0.2) is 18.5 Å². The first kappa shape index (κ1) is 14.5. The Morgan fingerprint density at radius 1 is 1.44 bits per heavy atom.